The number of benzene rings is 1. The molecule has 1 saturated carbocycles. The van der Waals surface area contributed by atoms with Crippen molar-refractivity contribution < 1.29 is 9.18 Å². The summed E-state index contributed by atoms with van der Waals surface area (Å²) in [5.41, 5.74) is 6.00. The van der Waals surface area contributed by atoms with Gasteiger partial charge in [-0.05, 0) is 31.4 Å². The molecule has 0 bridgehead atoms. The average Bonchev–Trinajstić information content (AvgIpc) is 2.44. The van der Waals surface area contributed by atoms with E-state index in [-0.39, 0.29) is 30.0 Å². The van der Waals surface area contributed by atoms with Gasteiger partial charge in [-0.2, -0.15) is 0 Å². The molecule has 2 rings (SSSR count). The second kappa shape index (κ2) is 7.63. The van der Waals surface area contributed by atoms with Crippen molar-refractivity contribution in [3.05, 3.63) is 35.6 Å². The fourth-order valence-corrected chi connectivity index (χ4v) is 3.33. The first-order valence-electron chi connectivity index (χ1n) is 8.06. The van der Waals surface area contributed by atoms with Crippen molar-refractivity contribution in [3.8, 4) is 0 Å². The highest BCUT2D eigenvalue weighted by molar-refractivity contribution is 5.85. The summed E-state index contributed by atoms with van der Waals surface area (Å²) < 4.78 is 14.0. The number of rotatable bonds is 4. The third-order valence-corrected chi connectivity index (χ3v) is 4.88. The van der Waals surface area contributed by atoms with E-state index < -0.39 is 11.0 Å². The van der Waals surface area contributed by atoms with Crippen LogP contribution >= 0.6 is 12.4 Å². The standard InChI is InChI=1S/C18H27FN2O.ClH/c1-17(2,13-8-4-5-10-15(13)19)12-21-16(22)14-9-6-7-11-18(14,3)20;/h4-5,8,10,14H,6-7,9,11-12,20H2,1-3H3,(H,21,22);1H. The van der Waals surface area contributed by atoms with Crippen LogP contribution in [0.4, 0.5) is 4.39 Å². The number of amides is 1. The van der Waals surface area contributed by atoms with E-state index in [0.717, 1.165) is 25.7 Å². The molecular weight excluding hydrogens is 315 g/mol. The maximum atomic E-state index is 14.0. The van der Waals surface area contributed by atoms with Gasteiger partial charge in [0.2, 0.25) is 5.91 Å². The maximum absolute atomic E-state index is 14.0. The molecule has 1 fully saturated rings. The van der Waals surface area contributed by atoms with E-state index in [1.165, 1.54) is 6.07 Å². The highest BCUT2D eigenvalue weighted by Gasteiger charge is 2.38. The lowest BCUT2D eigenvalue weighted by Gasteiger charge is -2.38. The van der Waals surface area contributed by atoms with E-state index in [2.05, 4.69) is 5.32 Å². The van der Waals surface area contributed by atoms with E-state index in [1.807, 2.05) is 26.8 Å². The summed E-state index contributed by atoms with van der Waals surface area (Å²) in [5, 5.41) is 2.99. The highest BCUT2D eigenvalue weighted by Crippen LogP contribution is 2.32. The van der Waals surface area contributed by atoms with E-state index in [0.29, 0.717) is 12.1 Å². The Hall–Kier alpha value is -1.13. The van der Waals surface area contributed by atoms with Crippen LogP contribution in [0.1, 0.15) is 52.0 Å². The molecule has 2 unspecified atom stereocenters. The topological polar surface area (TPSA) is 55.1 Å². The lowest BCUT2D eigenvalue weighted by Crippen LogP contribution is -2.54. The van der Waals surface area contributed by atoms with E-state index in [4.69, 9.17) is 5.73 Å². The first kappa shape index (κ1) is 19.9. The van der Waals surface area contributed by atoms with Gasteiger partial charge in [0.25, 0.3) is 0 Å². The summed E-state index contributed by atoms with van der Waals surface area (Å²) in [6.45, 7) is 6.24. The van der Waals surface area contributed by atoms with E-state index >= 15 is 0 Å². The second-order valence-corrected chi connectivity index (χ2v) is 7.39. The average molecular weight is 343 g/mol. The van der Waals surface area contributed by atoms with Gasteiger partial charge in [-0.15, -0.1) is 12.4 Å². The molecule has 0 aromatic heterocycles. The monoisotopic (exact) mass is 342 g/mol. The van der Waals surface area contributed by atoms with Crippen LogP contribution < -0.4 is 11.1 Å². The molecule has 1 amide bonds. The van der Waals surface area contributed by atoms with Crippen molar-refractivity contribution in [2.45, 2.75) is 57.4 Å². The number of hydrogen-bond acceptors (Lipinski definition) is 2. The molecule has 2 atom stereocenters. The number of nitrogens with one attached hydrogen (secondary N) is 1. The number of halogens is 2. The van der Waals surface area contributed by atoms with Crippen molar-refractivity contribution in [1.29, 1.82) is 0 Å². The lowest BCUT2D eigenvalue weighted by molar-refractivity contribution is -0.128. The Morgan fingerprint density at radius 1 is 1.39 bits per heavy atom. The Balaban J connectivity index is 0.00000264. The Kier molecular flexibility index (Phi) is 6.60. The number of nitrogens with two attached hydrogens (primary N) is 1. The van der Waals surface area contributed by atoms with Gasteiger partial charge in [0, 0.05) is 17.5 Å². The Morgan fingerprint density at radius 3 is 2.65 bits per heavy atom. The zero-order valence-corrected chi connectivity index (χ0v) is 15.0. The van der Waals surface area contributed by atoms with Crippen LogP contribution in [-0.4, -0.2) is 18.0 Å². The number of carbonyl (C=O) groups excluding carboxylic acids is 1. The third-order valence-electron chi connectivity index (χ3n) is 4.88. The van der Waals surface area contributed by atoms with Crippen molar-refractivity contribution >= 4 is 18.3 Å². The van der Waals surface area contributed by atoms with Gasteiger partial charge in [0.15, 0.2) is 0 Å². The highest BCUT2D eigenvalue weighted by atomic mass is 35.5. The molecule has 0 radical (unpaired) electrons. The first-order chi connectivity index (χ1) is 10.2. The lowest BCUT2D eigenvalue weighted by atomic mass is 9.74. The van der Waals surface area contributed by atoms with Gasteiger partial charge < -0.3 is 11.1 Å². The summed E-state index contributed by atoms with van der Waals surface area (Å²) in [5.74, 6) is -0.394. The van der Waals surface area contributed by atoms with Gasteiger partial charge >= 0.3 is 0 Å². The molecule has 0 heterocycles. The van der Waals surface area contributed by atoms with Crippen LogP contribution in [0.3, 0.4) is 0 Å². The zero-order valence-electron chi connectivity index (χ0n) is 14.2. The van der Waals surface area contributed by atoms with Crippen molar-refractivity contribution in [3.63, 3.8) is 0 Å². The molecule has 1 aliphatic rings. The molecule has 0 spiro atoms. The second-order valence-electron chi connectivity index (χ2n) is 7.39. The molecule has 23 heavy (non-hydrogen) atoms. The minimum absolute atomic E-state index is 0. The molecule has 5 heteroatoms. The molecule has 3 N–H and O–H groups in total. The summed E-state index contributed by atoms with van der Waals surface area (Å²) in [7, 11) is 0. The van der Waals surface area contributed by atoms with Gasteiger partial charge in [-0.1, -0.05) is 44.9 Å². The maximum Gasteiger partial charge on any atom is 0.224 e. The summed E-state index contributed by atoms with van der Waals surface area (Å²) in [6.07, 6.45) is 3.83. The smallest absolute Gasteiger partial charge is 0.224 e. The minimum Gasteiger partial charge on any atom is -0.355 e. The number of hydrogen-bond donors (Lipinski definition) is 2. The normalized spacial score (nSPS) is 24.7. The quantitative estimate of drug-likeness (QED) is 0.879. The summed E-state index contributed by atoms with van der Waals surface area (Å²) >= 11 is 0. The predicted octanol–water partition coefficient (Wildman–Crippen LogP) is 3.55. The number of carbonyl (C=O) groups is 1. The van der Waals surface area contributed by atoms with Crippen molar-refractivity contribution in [2.24, 2.45) is 11.7 Å². The molecular formula is C18H28ClFN2O. The fraction of sp³-hybridized carbons (Fsp3) is 0.611. The fourth-order valence-electron chi connectivity index (χ4n) is 3.33. The molecule has 1 aliphatic carbocycles. The van der Waals surface area contributed by atoms with E-state index in [9.17, 15) is 9.18 Å². The van der Waals surface area contributed by atoms with Crippen molar-refractivity contribution in [1.82, 2.24) is 5.32 Å². The van der Waals surface area contributed by atoms with Gasteiger partial charge in [-0.25, -0.2) is 4.39 Å². The molecule has 0 aliphatic heterocycles. The third kappa shape index (κ3) is 4.67. The van der Waals surface area contributed by atoms with Crippen LogP contribution in [0.5, 0.6) is 0 Å². The molecule has 1 aromatic carbocycles. The largest absolute Gasteiger partial charge is 0.355 e. The molecule has 1 aromatic rings. The minimum atomic E-state index is -0.458. The molecule has 130 valence electrons. The van der Waals surface area contributed by atoms with Gasteiger partial charge in [0.1, 0.15) is 5.82 Å². The molecule has 0 saturated heterocycles. The Labute approximate surface area is 144 Å². The summed E-state index contributed by atoms with van der Waals surface area (Å²) in [6, 6.07) is 6.72. The van der Waals surface area contributed by atoms with Crippen LogP contribution in [0, 0.1) is 11.7 Å². The molecule has 3 nitrogen and oxygen atoms in total. The Bertz CT molecular complexity index is 546. The van der Waals surface area contributed by atoms with Gasteiger partial charge in [-0.3, -0.25) is 4.79 Å². The Morgan fingerprint density at radius 2 is 2.04 bits per heavy atom. The van der Waals surface area contributed by atoms with Crippen LogP contribution in [0.2, 0.25) is 0 Å². The predicted molar refractivity (Wildman–Crippen MR) is 94.2 cm³/mol. The zero-order chi connectivity index (χ0) is 16.4. The van der Waals surface area contributed by atoms with Crippen LogP contribution in [0.15, 0.2) is 24.3 Å². The van der Waals surface area contributed by atoms with Crippen LogP contribution in [-0.2, 0) is 10.2 Å². The van der Waals surface area contributed by atoms with Crippen LogP contribution in [0.25, 0.3) is 0 Å². The summed E-state index contributed by atoms with van der Waals surface area (Å²) in [4.78, 5) is 12.5. The van der Waals surface area contributed by atoms with Gasteiger partial charge in [0.05, 0.1) is 5.92 Å². The van der Waals surface area contributed by atoms with Crippen molar-refractivity contribution in [2.75, 3.05) is 6.54 Å². The SMILES string of the molecule is CC(C)(CNC(=O)C1CCCCC1(C)N)c1ccccc1F.Cl. The first-order valence-corrected chi connectivity index (χ1v) is 8.06. The van der Waals surface area contributed by atoms with E-state index in [1.54, 1.807) is 12.1 Å².